The van der Waals surface area contributed by atoms with Crippen LogP contribution in [0.15, 0.2) is 84.9 Å². The fourth-order valence-electron chi connectivity index (χ4n) is 6.60. The molecule has 8 heteroatoms. The average molecular weight is 655 g/mol. The van der Waals surface area contributed by atoms with Crippen LogP contribution in [0.4, 0.5) is 10.1 Å². The van der Waals surface area contributed by atoms with E-state index in [1.54, 1.807) is 6.07 Å². The SMILES string of the molecule is CC(C)c1c(C(=O)Nc2ccccc2)c(-c2ccccc2)c(-c2cccc(F)c2)n1CC[C@@H]1C[C@H](CC(=O)OC(C)(C)C)OC(C)(C)O1. The number of rotatable bonds is 10. The Morgan fingerprint density at radius 1 is 0.938 bits per heavy atom. The van der Waals surface area contributed by atoms with E-state index in [0.29, 0.717) is 36.2 Å². The molecule has 0 aliphatic carbocycles. The molecule has 1 N–H and O–H groups in total. The molecule has 4 aromatic rings. The quantitative estimate of drug-likeness (QED) is 0.172. The van der Waals surface area contributed by atoms with Crippen LogP contribution in [-0.2, 0) is 25.5 Å². The van der Waals surface area contributed by atoms with E-state index in [4.69, 9.17) is 14.2 Å². The molecule has 0 radical (unpaired) electrons. The van der Waals surface area contributed by atoms with Crippen LogP contribution in [0.1, 0.15) is 89.7 Å². The lowest BCUT2D eigenvalue weighted by Crippen LogP contribution is -2.46. The monoisotopic (exact) mass is 654 g/mol. The third kappa shape index (κ3) is 8.60. The van der Waals surface area contributed by atoms with Gasteiger partial charge in [0.2, 0.25) is 0 Å². The molecule has 0 saturated carbocycles. The summed E-state index contributed by atoms with van der Waals surface area (Å²) in [6.07, 6.45) is 0.576. The highest BCUT2D eigenvalue weighted by Gasteiger charge is 2.38. The molecule has 3 aromatic carbocycles. The van der Waals surface area contributed by atoms with Crippen molar-refractivity contribution in [2.24, 2.45) is 0 Å². The molecular weight excluding hydrogens is 607 g/mol. The number of ether oxygens (including phenoxy) is 3. The summed E-state index contributed by atoms with van der Waals surface area (Å²) in [5.74, 6) is -1.88. The van der Waals surface area contributed by atoms with Crippen LogP contribution in [-0.4, -0.2) is 40.0 Å². The summed E-state index contributed by atoms with van der Waals surface area (Å²) >= 11 is 0. The fourth-order valence-corrected chi connectivity index (χ4v) is 6.60. The first-order valence-corrected chi connectivity index (χ1v) is 16.7. The Hall–Kier alpha value is -4.27. The van der Waals surface area contributed by atoms with E-state index in [-0.39, 0.29) is 42.2 Å². The van der Waals surface area contributed by atoms with Crippen molar-refractivity contribution in [3.05, 3.63) is 102 Å². The Balaban J connectivity index is 1.59. The maximum Gasteiger partial charge on any atom is 0.308 e. The van der Waals surface area contributed by atoms with Crippen LogP contribution in [0.3, 0.4) is 0 Å². The Bertz CT molecular complexity index is 1720. The first kappa shape index (κ1) is 35.0. The van der Waals surface area contributed by atoms with Crippen molar-refractivity contribution in [3.63, 3.8) is 0 Å². The summed E-state index contributed by atoms with van der Waals surface area (Å²) in [5.41, 5.74) is 4.53. The predicted molar refractivity (Wildman–Crippen MR) is 187 cm³/mol. The highest BCUT2D eigenvalue weighted by molar-refractivity contribution is 6.12. The maximum absolute atomic E-state index is 14.9. The van der Waals surface area contributed by atoms with Gasteiger partial charge < -0.3 is 24.1 Å². The van der Waals surface area contributed by atoms with Gasteiger partial charge in [-0.3, -0.25) is 9.59 Å². The van der Waals surface area contributed by atoms with Crippen LogP contribution < -0.4 is 5.32 Å². The molecule has 2 heterocycles. The lowest BCUT2D eigenvalue weighted by Gasteiger charge is -2.41. The molecule has 1 aromatic heterocycles. The minimum absolute atomic E-state index is 0.0572. The zero-order chi connectivity index (χ0) is 34.6. The summed E-state index contributed by atoms with van der Waals surface area (Å²) in [6.45, 7) is 13.9. The standard InChI is InChI=1S/C40H47FN2O5/c1-26(2)36-35(38(45)42-30-19-12-9-13-20-30)34(27-15-10-8-11-16-27)37(28-17-14-18-29(41)23-28)43(36)22-21-31-24-32(47-40(6,7)46-31)25-33(44)48-39(3,4)5/h8-20,23,26,31-32H,21-22,24-25H2,1-7H3,(H,42,45)/t31-,32-/m1/s1. The van der Waals surface area contributed by atoms with Crippen molar-refractivity contribution in [2.75, 3.05) is 5.32 Å². The van der Waals surface area contributed by atoms with Gasteiger partial charge >= 0.3 is 5.97 Å². The molecule has 48 heavy (non-hydrogen) atoms. The van der Waals surface area contributed by atoms with Crippen molar-refractivity contribution < 1.29 is 28.2 Å². The van der Waals surface area contributed by atoms with Gasteiger partial charge in [0.15, 0.2) is 5.79 Å². The molecule has 1 amide bonds. The van der Waals surface area contributed by atoms with Gasteiger partial charge in [0, 0.05) is 35.5 Å². The Labute approximate surface area is 283 Å². The largest absolute Gasteiger partial charge is 0.460 e. The molecule has 1 aliphatic rings. The molecule has 1 fully saturated rings. The normalized spacial score (nSPS) is 17.7. The van der Waals surface area contributed by atoms with Crippen LogP contribution in [0, 0.1) is 5.82 Å². The zero-order valence-corrected chi connectivity index (χ0v) is 29.0. The van der Waals surface area contributed by atoms with E-state index in [2.05, 4.69) is 23.7 Å². The lowest BCUT2D eigenvalue weighted by molar-refractivity contribution is -0.301. The number of halogens is 1. The second-order valence-electron chi connectivity index (χ2n) is 14.2. The number of hydrogen-bond acceptors (Lipinski definition) is 5. The molecule has 0 spiro atoms. The van der Waals surface area contributed by atoms with Crippen LogP contribution in [0.5, 0.6) is 0 Å². The number of aromatic nitrogens is 1. The lowest BCUT2D eigenvalue weighted by atomic mass is 9.94. The third-order valence-electron chi connectivity index (χ3n) is 8.19. The number of benzene rings is 3. The van der Waals surface area contributed by atoms with Crippen molar-refractivity contribution in [1.29, 1.82) is 0 Å². The first-order chi connectivity index (χ1) is 22.7. The van der Waals surface area contributed by atoms with Gasteiger partial charge in [-0.1, -0.05) is 74.5 Å². The summed E-state index contributed by atoms with van der Waals surface area (Å²) in [4.78, 5) is 27.1. The van der Waals surface area contributed by atoms with E-state index >= 15 is 0 Å². The highest BCUT2D eigenvalue weighted by atomic mass is 19.1. The van der Waals surface area contributed by atoms with E-state index < -0.39 is 11.4 Å². The van der Waals surface area contributed by atoms with Crippen molar-refractivity contribution in [2.45, 2.75) is 104 Å². The van der Waals surface area contributed by atoms with E-state index in [9.17, 15) is 14.0 Å². The summed E-state index contributed by atoms with van der Waals surface area (Å²) in [5, 5.41) is 3.11. The number of carbonyl (C=O) groups is 2. The van der Waals surface area contributed by atoms with Crippen LogP contribution in [0.2, 0.25) is 0 Å². The number of para-hydroxylation sites is 1. The van der Waals surface area contributed by atoms with Crippen molar-refractivity contribution in [3.8, 4) is 22.4 Å². The van der Waals surface area contributed by atoms with E-state index in [1.807, 2.05) is 101 Å². The van der Waals surface area contributed by atoms with Crippen LogP contribution >= 0.6 is 0 Å². The first-order valence-electron chi connectivity index (χ1n) is 16.7. The van der Waals surface area contributed by atoms with Crippen molar-refractivity contribution in [1.82, 2.24) is 4.57 Å². The maximum atomic E-state index is 14.9. The molecule has 5 rings (SSSR count). The Morgan fingerprint density at radius 2 is 1.56 bits per heavy atom. The second kappa shape index (κ2) is 14.5. The van der Waals surface area contributed by atoms with Gasteiger partial charge in [-0.05, 0) is 76.8 Å². The molecule has 2 atom stereocenters. The fraction of sp³-hybridized carbons (Fsp3) is 0.400. The molecular formula is C40H47FN2O5. The number of amides is 1. The number of carbonyl (C=O) groups excluding carboxylic acids is 2. The summed E-state index contributed by atoms with van der Waals surface area (Å²) in [6, 6.07) is 25.7. The summed E-state index contributed by atoms with van der Waals surface area (Å²) in [7, 11) is 0. The Kier molecular flexibility index (Phi) is 10.6. The van der Waals surface area contributed by atoms with E-state index in [1.165, 1.54) is 12.1 Å². The number of hydrogen-bond donors (Lipinski definition) is 1. The highest BCUT2D eigenvalue weighted by Crippen LogP contribution is 2.43. The minimum atomic E-state index is -0.908. The molecule has 254 valence electrons. The predicted octanol–water partition coefficient (Wildman–Crippen LogP) is 9.37. The average Bonchev–Trinajstić information content (AvgIpc) is 3.35. The van der Waals surface area contributed by atoms with Gasteiger partial charge in [0.25, 0.3) is 5.91 Å². The van der Waals surface area contributed by atoms with Crippen LogP contribution in [0.25, 0.3) is 22.4 Å². The summed E-state index contributed by atoms with van der Waals surface area (Å²) < 4.78 is 35.2. The topological polar surface area (TPSA) is 78.8 Å². The molecule has 1 aliphatic heterocycles. The van der Waals surface area contributed by atoms with Crippen molar-refractivity contribution >= 4 is 17.6 Å². The molecule has 1 saturated heterocycles. The third-order valence-corrected chi connectivity index (χ3v) is 8.19. The second-order valence-corrected chi connectivity index (χ2v) is 14.2. The number of nitrogens with zero attached hydrogens (tertiary/aromatic N) is 1. The van der Waals surface area contributed by atoms with E-state index in [0.717, 1.165) is 22.5 Å². The Morgan fingerprint density at radius 3 is 2.19 bits per heavy atom. The minimum Gasteiger partial charge on any atom is -0.460 e. The molecule has 0 unspecified atom stereocenters. The number of esters is 1. The van der Waals surface area contributed by atoms with Gasteiger partial charge in [0.1, 0.15) is 11.4 Å². The number of anilines is 1. The zero-order valence-electron chi connectivity index (χ0n) is 29.0. The van der Waals surface area contributed by atoms with Gasteiger partial charge in [-0.2, -0.15) is 0 Å². The molecule has 0 bridgehead atoms. The molecule has 7 nitrogen and oxygen atoms in total. The number of nitrogens with one attached hydrogen (secondary N) is 1. The van der Waals surface area contributed by atoms with Gasteiger partial charge in [0.05, 0.1) is 29.9 Å². The van der Waals surface area contributed by atoms with Gasteiger partial charge in [-0.25, -0.2) is 4.39 Å². The smallest absolute Gasteiger partial charge is 0.308 e. The van der Waals surface area contributed by atoms with Gasteiger partial charge in [-0.15, -0.1) is 0 Å².